The van der Waals surface area contributed by atoms with Crippen LogP contribution in [0.25, 0.3) is 0 Å². The molecule has 0 spiro atoms. The molecule has 0 bridgehead atoms. The summed E-state index contributed by atoms with van der Waals surface area (Å²) in [7, 11) is 1.46. The molecular formula is C7H12O4. The predicted octanol–water partition coefficient (Wildman–Crippen LogP) is -0.302. The first kappa shape index (κ1) is 8.49. The van der Waals surface area contributed by atoms with E-state index in [1.165, 1.54) is 7.11 Å². The van der Waals surface area contributed by atoms with Crippen LogP contribution in [0.5, 0.6) is 0 Å². The van der Waals surface area contributed by atoms with Crippen molar-refractivity contribution in [2.24, 2.45) is 0 Å². The summed E-state index contributed by atoms with van der Waals surface area (Å²) in [6.07, 6.45) is -1.22. The van der Waals surface area contributed by atoms with Crippen molar-refractivity contribution in [2.45, 2.75) is 31.7 Å². The molecule has 0 radical (unpaired) electrons. The number of cyclic esters (lactones) is 1. The molecule has 1 saturated heterocycles. The fraction of sp³-hybridized carbons (Fsp3) is 0.857. The van der Waals surface area contributed by atoms with E-state index in [1.807, 2.05) is 6.92 Å². The number of carbonyl (C=O) groups excluding carboxylic acids is 1. The zero-order chi connectivity index (χ0) is 8.43. The summed E-state index contributed by atoms with van der Waals surface area (Å²) in [4.78, 5) is 10.8. The Bertz CT molecular complexity index is 157. The minimum Gasteiger partial charge on any atom is -0.457 e. The van der Waals surface area contributed by atoms with Gasteiger partial charge in [-0.15, -0.1) is 0 Å². The second-order valence-electron chi connectivity index (χ2n) is 2.53. The first-order valence-electron chi connectivity index (χ1n) is 3.62. The first-order chi connectivity index (χ1) is 5.20. The molecule has 0 aromatic carbocycles. The predicted molar refractivity (Wildman–Crippen MR) is 37.0 cm³/mol. The number of hydrogen-bond acceptors (Lipinski definition) is 4. The van der Waals surface area contributed by atoms with E-state index in [1.54, 1.807) is 0 Å². The third kappa shape index (κ3) is 1.36. The maximum Gasteiger partial charge on any atom is 0.338 e. The second kappa shape index (κ2) is 3.19. The SMILES string of the molecule is CC[C@H]1OC(=O)[C@H](O)[C@@H]1OC. The van der Waals surface area contributed by atoms with Crippen LogP contribution in [-0.4, -0.2) is 36.5 Å². The van der Waals surface area contributed by atoms with Crippen molar-refractivity contribution < 1.29 is 19.4 Å². The third-order valence-electron chi connectivity index (χ3n) is 1.86. The van der Waals surface area contributed by atoms with Crippen LogP contribution < -0.4 is 0 Å². The van der Waals surface area contributed by atoms with Gasteiger partial charge in [0.1, 0.15) is 12.2 Å². The molecule has 3 atom stereocenters. The molecular weight excluding hydrogens is 148 g/mol. The highest BCUT2D eigenvalue weighted by molar-refractivity contribution is 5.77. The third-order valence-corrected chi connectivity index (χ3v) is 1.86. The first-order valence-corrected chi connectivity index (χ1v) is 3.62. The van der Waals surface area contributed by atoms with Gasteiger partial charge in [-0.25, -0.2) is 4.79 Å². The molecule has 0 aromatic heterocycles. The van der Waals surface area contributed by atoms with E-state index in [2.05, 4.69) is 0 Å². The van der Waals surface area contributed by atoms with Gasteiger partial charge in [0.25, 0.3) is 0 Å². The van der Waals surface area contributed by atoms with Gasteiger partial charge in [0.2, 0.25) is 0 Å². The van der Waals surface area contributed by atoms with E-state index in [4.69, 9.17) is 14.6 Å². The minimum absolute atomic E-state index is 0.289. The molecule has 0 amide bonds. The quantitative estimate of drug-likeness (QED) is 0.563. The number of carbonyl (C=O) groups is 1. The largest absolute Gasteiger partial charge is 0.457 e. The number of ether oxygens (including phenoxy) is 2. The maximum atomic E-state index is 10.8. The summed E-state index contributed by atoms with van der Waals surface area (Å²) in [5.41, 5.74) is 0. The Hall–Kier alpha value is -0.610. The monoisotopic (exact) mass is 160 g/mol. The molecule has 1 fully saturated rings. The van der Waals surface area contributed by atoms with Crippen molar-refractivity contribution in [3.8, 4) is 0 Å². The van der Waals surface area contributed by atoms with Gasteiger partial charge in [-0.3, -0.25) is 0 Å². The summed E-state index contributed by atoms with van der Waals surface area (Å²) in [6, 6.07) is 0. The number of aliphatic hydroxyl groups excluding tert-OH is 1. The Labute approximate surface area is 65.1 Å². The standard InChI is InChI=1S/C7H12O4/c1-3-4-6(10-2)5(8)7(9)11-4/h4-6,8H,3H2,1-2H3/t4-,5-,6-/m1/s1. The van der Waals surface area contributed by atoms with Gasteiger partial charge in [-0.1, -0.05) is 6.92 Å². The smallest absolute Gasteiger partial charge is 0.338 e. The average molecular weight is 160 g/mol. The average Bonchev–Trinajstić information content (AvgIpc) is 2.28. The highest BCUT2D eigenvalue weighted by Crippen LogP contribution is 2.20. The van der Waals surface area contributed by atoms with Gasteiger partial charge in [0, 0.05) is 7.11 Å². The molecule has 1 aliphatic rings. The Balaban J connectivity index is 2.64. The molecule has 4 nitrogen and oxygen atoms in total. The van der Waals surface area contributed by atoms with Crippen molar-refractivity contribution in [2.75, 3.05) is 7.11 Å². The lowest BCUT2D eigenvalue weighted by Gasteiger charge is -2.14. The lowest BCUT2D eigenvalue weighted by Crippen LogP contribution is -2.32. The van der Waals surface area contributed by atoms with Gasteiger partial charge in [-0.05, 0) is 6.42 Å². The normalized spacial score (nSPS) is 37.4. The van der Waals surface area contributed by atoms with Crippen molar-refractivity contribution in [1.29, 1.82) is 0 Å². The van der Waals surface area contributed by atoms with Gasteiger partial charge in [0.05, 0.1) is 0 Å². The molecule has 1 heterocycles. The molecule has 0 aromatic rings. The zero-order valence-electron chi connectivity index (χ0n) is 6.61. The highest BCUT2D eigenvalue weighted by Gasteiger charge is 2.42. The molecule has 11 heavy (non-hydrogen) atoms. The lowest BCUT2D eigenvalue weighted by atomic mass is 10.1. The number of hydrogen-bond donors (Lipinski definition) is 1. The van der Waals surface area contributed by atoms with E-state index >= 15 is 0 Å². The molecule has 0 saturated carbocycles. The van der Waals surface area contributed by atoms with Crippen LogP contribution >= 0.6 is 0 Å². The lowest BCUT2D eigenvalue weighted by molar-refractivity contribution is -0.147. The van der Waals surface area contributed by atoms with E-state index in [9.17, 15) is 4.79 Å². The Kier molecular flexibility index (Phi) is 2.46. The van der Waals surface area contributed by atoms with E-state index in [0.29, 0.717) is 6.42 Å². The summed E-state index contributed by atoms with van der Waals surface area (Å²) < 4.78 is 9.71. The van der Waals surface area contributed by atoms with Crippen LogP contribution in [0.3, 0.4) is 0 Å². The van der Waals surface area contributed by atoms with Crippen LogP contribution in [0.2, 0.25) is 0 Å². The molecule has 64 valence electrons. The maximum absolute atomic E-state index is 10.8. The van der Waals surface area contributed by atoms with Gasteiger partial charge in [-0.2, -0.15) is 0 Å². The van der Waals surface area contributed by atoms with Crippen LogP contribution in [0.1, 0.15) is 13.3 Å². The Morgan fingerprint density at radius 2 is 2.36 bits per heavy atom. The number of rotatable bonds is 2. The fourth-order valence-corrected chi connectivity index (χ4v) is 1.22. The topological polar surface area (TPSA) is 55.8 Å². The highest BCUT2D eigenvalue weighted by atomic mass is 16.6. The van der Waals surface area contributed by atoms with Crippen molar-refractivity contribution in [3.63, 3.8) is 0 Å². The summed E-state index contributed by atoms with van der Waals surface area (Å²) >= 11 is 0. The van der Waals surface area contributed by atoms with E-state index in [-0.39, 0.29) is 6.10 Å². The van der Waals surface area contributed by atoms with Crippen LogP contribution in [0.4, 0.5) is 0 Å². The minimum atomic E-state index is -1.11. The number of esters is 1. The van der Waals surface area contributed by atoms with E-state index < -0.39 is 18.2 Å². The van der Waals surface area contributed by atoms with Crippen LogP contribution in [0.15, 0.2) is 0 Å². The Morgan fingerprint density at radius 3 is 2.73 bits per heavy atom. The van der Waals surface area contributed by atoms with Gasteiger partial charge >= 0.3 is 5.97 Å². The molecule has 1 rings (SSSR count). The van der Waals surface area contributed by atoms with Gasteiger partial charge in [0.15, 0.2) is 6.10 Å². The second-order valence-corrected chi connectivity index (χ2v) is 2.53. The molecule has 0 aliphatic carbocycles. The van der Waals surface area contributed by atoms with Crippen LogP contribution in [-0.2, 0) is 14.3 Å². The van der Waals surface area contributed by atoms with Crippen molar-refractivity contribution in [3.05, 3.63) is 0 Å². The number of aliphatic hydroxyl groups is 1. The van der Waals surface area contributed by atoms with Crippen molar-refractivity contribution >= 4 is 5.97 Å². The Morgan fingerprint density at radius 1 is 1.73 bits per heavy atom. The molecule has 1 aliphatic heterocycles. The molecule has 4 heteroatoms. The zero-order valence-corrected chi connectivity index (χ0v) is 6.61. The molecule has 1 N–H and O–H groups in total. The van der Waals surface area contributed by atoms with Crippen molar-refractivity contribution in [1.82, 2.24) is 0 Å². The fourth-order valence-electron chi connectivity index (χ4n) is 1.22. The summed E-state index contributed by atoms with van der Waals surface area (Å²) in [5.74, 6) is -0.580. The summed E-state index contributed by atoms with van der Waals surface area (Å²) in [6.45, 7) is 1.88. The van der Waals surface area contributed by atoms with Crippen LogP contribution in [0, 0.1) is 0 Å². The number of methoxy groups -OCH3 is 1. The van der Waals surface area contributed by atoms with E-state index in [0.717, 1.165) is 0 Å². The van der Waals surface area contributed by atoms with Gasteiger partial charge < -0.3 is 14.6 Å². The summed E-state index contributed by atoms with van der Waals surface area (Å²) in [5, 5.41) is 9.16. The molecule has 0 unspecified atom stereocenters.